The van der Waals surface area contributed by atoms with Crippen LogP contribution >= 0.6 is 0 Å². The molecule has 0 aliphatic rings. The zero-order valence-electron chi connectivity index (χ0n) is 13.9. The maximum atomic E-state index is 11.5. The van der Waals surface area contributed by atoms with Crippen molar-refractivity contribution in [2.45, 2.75) is 84.5 Å². The van der Waals surface area contributed by atoms with E-state index in [9.17, 15) is 9.59 Å². The minimum Gasteiger partial charge on any atom is -0.466 e. The Morgan fingerprint density at radius 1 is 0.810 bits per heavy atom. The predicted octanol–water partition coefficient (Wildman–Crippen LogP) is 3.98. The van der Waals surface area contributed by atoms with Crippen molar-refractivity contribution < 1.29 is 14.3 Å². The van der Waals surface area contributed by atoms with Crippen LogP contribution in [0.25, 0.3) is 0 Å². The SMILES string of the molecule is CCCCCCCC(=O)NCCC(=O)OCCCCCC. The van der Waals surface area contributed by atoms with Gasteiger partial charge in [0.05, 0.1) is 13.0 Å². The molecule has 1 amide bonds. The van der Waals surface area contributed by atoms with E-state index >= 15 is 0 Å². The molecule has 0 atom stereocenters. The second-order valence-corrected chi connectivity index (χ2v) is 5.55. The van der Waals surface area contributed by atoms with Crippen molar-refractivity contribution >= 4 is 11.9 Å². The number of hydrogen-bond donors (Lipinski definition) is 1. The number of esters is 1. The molecule has 0 aromatic carbocycles. The molecular formula is C17H33NO3. The summed E-state index contributed by atoms with van der Waals surface area (Å²) in [5.41, 5.74) is 0. The summed E-state index contributed by atoms with van der Waals surface area (Å²) in [7, 11) is 0. The van der Waals surface area contributed by atoms with E-state index in [1.54, 1.807) is 0 Å². The maximum absolute atomic E-state index is 11.5. The molecule has 0 bridgehead atoms. The highest BCUT2D eigenvalue weighted by molar-refractivity contribution is 5.76. The molecule has 0 saturated carbocycles. The molecule has 0 aromatic heterocycles. The summed E-state index contributed by atoms with van der Waals surface area (Å²) in [6.07, 6.45) is 11.0. The van der Waals surface area contributed by atoms with Crippen LogP contribution in [0.3, 0.4) is 0 Å². The Morgan fingerprint density at radius 2 is 1.43 bits per heavy atom. The van der Waals surface area contributed by atoms with E-state index in [-0.39, 0.29) is 18.3 Å². The number of hydrogen-bond acceptors (Lipinski definition) is 3. The standard InChI is InChI=1S/C17H33NO3/c1-3-5-7-9-10-12-16(19)18-14-13-17(20)21-15-11-8-6-4-2/h3-15H2,1-2H3,(H,18,19). The van der Waals surface area contributed by atoms with E-state index in [0.717, 1.165) is 25.7 Å². The van der Waals surface area contributed by atoms with Crippen molar-refractivity contribution in [3.63, 3.8) is 0 Å². The first-order chi connectivity index (χ1) is 10.2. The Balaban J connectivity index is 3.34. The number of amides is 1. The molecule has 0 unspecified atom stereocenters. The van der Waals surface area contributed by atoms with Gasteiger partial charge in [-0.1, -0.05) is 58.8 Å². The van der Waals surface area contributed by atoms with Gasteiger partial charge in [0.2, 0.25) is 5.91 Å². The largest absolute Gasteiger partial charge is 0.466 e. The Bertz CT molecular complexity index is 241. The molecule has 0 aliphatic carbocycles. The summed E-state index contributed by atoms with van der Waals surface area (Å²) >= 11 is 0. The minimum absolute atomic E-state index is 0.0437. The first-order valence-electron chi connectivity index (χ1n) is 8.63. The molecule has 0 spiro atoms. The second-order valence-electron chi connectivity index (χ2n) is 5.55. The van der Waals surface area contributed by atoms with Crippen LogP contribution in [0.4, 0.5) is 0 Å². The van der Waals surface area contributed by atoms with E-state index < -0.39 is 0 Å². The Hall–Kier alpha value is -1.06. The van der Waals surface area contributed by atoms with E-state index in [2.05, 4.69) is 19.2 Å². The third-order valence-electron chi connectivity index (χ3n) is 3.42. The van der Waals surface area contributed by atoms with Gasteiger partial charge < -0.3 is 10.1 Å². The highest BCUT2D eigenvalue weighted by Crippen LogP contribution is 2.04. The van der Waals surface area contributed by atoms with Gasteiger partial charge in [-0.3, -0.25) is 9.59 Å². The molecule has 0 rings (SSSR count). The highest BCUT2D eigenvalue weighted by Gasteiger charge is 2.05. The Morgan fingerprint density at radius 3 is 2.10 bits per heavy atom. The van der Waals surface area contributed by atoms with Crippen LogP contribution in [-0.2, 0) is 14.3 Å². The lowest BCUT2D eigenvalue weighted by Crippen LogP contribution is -2.26. The lowest BCUT2D eigenvalue weighted by atomic mass is 10.1. The van der Waals surface area contributed by atoms with Crippen molar-refractivity contribution in [2.75, 3.05) is 13.2 Å². The first-order valence-corrected chi connectivity index (χ1v) is 8.63. The van der Waals surface area contributed by atoms with Crippen LogP contribution in [0.15, 0.2) is 0 Å². The molecule has 4 heteroatoms. The van der Waals surface area contributed by atoms with Gasteiger partial charge >= 0.3 is 5.97 Å². The molecule has 0 radical (unpaired) electrons. The van der Waals surface area contributed by atoms with Crippen molar-refractivity contribution in [3.05, 3.63) is 0 Å². The van der Waals surface area contributed by atoms with Gasteiger partial charge in [-0.25, -0.2) is 0 Å². The van der Waals surface area contributed by atoms with Crippen LogP contribution < -0.4 is 5.32 Å². The monoisotopic (exact) mass is 299 g/mol. The van der Waals surface area contributed by atoms with E-state index in [4.69, 9.17) is 4.74 Å². The minimum atomic E-state index is -0.213. The fourth-order valence-corrected chi connectivity index (χ4v) is 2.07. The lowest BCUT2D eigenvalue weighted by molar-refractivity contribution is -0.143. The van der Waals surface area contributed by atoms with Crippen LogP contribution in [0.2, 0.25) is 0 Å². The van der Waals surface area contributed by atoms with E-state index in [1.165, 1.54) is 32.1 Å². The maximum Gasteiger partial charge on any atom is 0.307 e. The third kappa shape index (κ3) is 15.2. The molecule has 124 valence electrons. The summed E-state index contributed by atoms with van der Waals surface area (Å²) in [4.78, 5) is 22.9. The van der Waals surface area contributed by atoms with E-state index in [0.29, 0.717) is 19.6 Å². The number of unbranched alkanes of at least 4 members (excludes halogenated alkanes) is 7. The van der Waals surface area contributed by atoms with Crippen LogP contribution in [0.1, 0.15) is 84.5 Å². The second kappa shape index (κ2) is 15.3. The summed E-state index contributed by atoms with van der Waals surface area (Å²) in [5, 5.41) is 2.78. The predicted molar refractivity (Wildman–Crippen MR) is 86.1 cm³/mol. The third-order valence-corrected chi connectivity index (χ3v) is 3.42. The van der Waals surface area contributed by atoms with Crippen LogP contribution in [0, 0.1) is 0 Å². The van der Waals surface area contributed by atoms with Crippen molar-refractivity contribution in [1.82, 2.24) is 5.32 Å². The summed E-state index contributed by atoms with van der Waals surface area (Å²) in [6.45, 7) is 5.22. The van der Waals surface area contributed by atoms with Gasteiger partial charge in [0.15, 0.2) is 0 Å². The van der Waals surface area contributed by atoms with Gasteiger partial charge in [0.25, 0.3) is 0 Å². The quantitative estimate of drug-likeness (QED) is 0.390. The summed E-state index contributed by atoms with van der Waals surface area (Å²) < 4.78 is 5.11. The number of carbonyl (C=O) groups excluding carboxylic acids is 2. The Kier molecular flexibility index (Phi) is 14.6. The number of carbonyl (C=O) groups is 2. The number of nitrogens with one attached hydrogen (secondary N) is 1. The van der Waals surface area contributed by atoms with Gasteiger partial charge in [-0.05, 0) is 12.8 Å². The summed E-state index contributed by atoms with van der Waals surface area (Å²) in [6, 6.07) is 0. The smallest absolute Gasteiger partial charge is 0.307 e. The van der Waals surface area contributed by atoms with E-state index in [1.807, 2.05) is 0 Å². The van der Waals surface area contributed by atoms with Gasteiger partial charge in [0.1, 0.15) is 0 Å². The van der Waals surface area contributed by atoms with Gasteiger partial charge in [-0.2, -0.15) is 0 Å². The molecule has 0 aromatic rings. The van der Waals surface area contributed by atoms with Crippen molar-refractivity contribution in [3.8, 4) is 0 Å². The average molecular weight is 299 g/mol. The molecule has 21 heavy (non-hydrogen) atoms. The molecule has 0 heterocycles. The first kappa shape index (κ1) is 19.9. The normalized spacial score (nSPS) is 10.4. The molecule has 0 fully saturated rings. The fourth-order valence-electron chi connectivity index (χ4n) is 2.07. The zero-order chi connectivity index (χ0) is 15.8. The molecule has 0 saturated heterocycles. The molecule has 0 aliphatic heterocycles. The molecular weight excluding hydrogens is 266 g/mol. The fraction of sp³-hybridized carbons (Fsp3) is 0.882. The van der Waals surface area contributed by atoms with Crippen molar-refractivity contribution in [1.29, 1.82) is 0 Å². The lowest BCUT2D eigenvalue weighted by Gasteiger charge is -2.06. The van der Waals surface area contributed by atoms with Gasteiger partial charge in [0, 0.05) is 13.0 Å². The number of ether oxygens (including phenoxy) is 1. The van der Waals surface area contributed by atoms with Crippen LogP contribution in [0.5, 0.6) is 0 Å². The highest BCUT2D eigenvalue weighted by atomic mass is 16.5. The zero-order valence-corrected chi connectivity index (χ0v) is 13.9. The van der Waals surface area contributed by atoms with Gasteiger partial charge in [-0.15, -0.1) is 0 Å². The molecule has 1 N–H and O–H groups in total. The summed E-state index contributed by atoms with van der Waals surface area (Å²) in [5.74, 6) is -0.169. The topological polar surface area (TPSA) is 55.4 Å². The van der Waals surface area contributed by atoms with Crippen LogP contribution in [-0.4, -0.2) is 25.0 Å². The molecule has 4 nitrogen and oxygen atoms in total. The average Bonchev–Trinajstić information content (AvgIpc) is 2.47. The number of rotatable bonds is 14. The van der Waals surface area contributed by atoms with Crippen molar-refractivity contribution in [2.24, 2.45) is 0 Å². The Labute approximate surface area is 130 Å².